The van der Waals surface area contributed by atoms with Crippen molar-refractivity contribution in [2.24, 2.45) is 5.92 Å². The SMILES string of the molecule is Cc1cc(NC(=O)[C@@H]2CC(=O)N[C@H](C)C2)n(-c2ccc(F)cc2)n1. The van der Waals surface area contributed by atoms with E-state index in [0.717, 1.165) is 5.69 Å². The van der Waals surface area contributed by atoms with Crippen molar-refractivity contribution in [1.29, 1.82) is 0 Å². The molecule has 7 heteroatoms. The second-order valence-electron chi connectivity index (χ2n) is 6.15. The number of anilines is 1. The normalized spacial score (nSPS) is 20.5. The van der Waals surface area contributed by atoms with Gasteiger partial charge in [0, 0.05) is 24.4 Å². The van der Waals surface area contributed by atoms with Gasteiger partial charge < -0.3 is 10.6 Å². The molecule has 0 radical (unpaired) electrons. The van der Waals surface area contributed by atoms with Gasteiger partial charge in [0.2, 0.25) is 11.8 Å². The summed E-state index contributed by atoms with van der Waals surface area (Å²) >= 11 is 0. The maximum absolute atomic E-state index is 13.1. The summed E-state index contributed by atoms with van der Waals surface area (Å²) in [5, 5.41) is 9.98. The van der Waals surface area contributed by atoms with Crippen LogP contribution < -0.4 is 10.6 Å². The number of carbonyl (C=O) groups excluding carboxylic acids is 2. The van der Waals surface area contributed by atoms with Crippen molar-refractivity contribution < 1.29 is 14.0 Å². The van der Waals surface area contributed by atoms with Gasteiger partial charge in [0.05, 0.1) is 11.4 Å². The largest absolute Gasteiger partial charge is 0.354 e. The summed E-state index contributed by atoms with van der Waals surface area (Å²) in [6.45, 7) is 3.69. The van der Waals surface area contributed by atoms with Crippen LogP contribution in [0.15, 0.2) is 30.3 Å². The maximum atomic E-state index is 13.1. The highest BCUT2D eigenvalue weighted by molar-refractivity contribution is 5.95. The van der Waals surface area contributed by atoms with E-state index in [0.29, 0.717) is 17.9 Å². The quantitative estimate of drug-likeness (QED) is 0.905. The second-order valence-corrected chi connectivity index (χ2v) is 6.15. The third-order valence-electron chi connectivity index (χ3n) is 4.00. The highest BCUT2D eigenvalue weighted by atomic mass is 19.1. The van der Waals surface area contributed by atoms with Crippen LogP contribution in [-0.4, -0.2) is 27.6 Å². The minimum atomic E-state index is -0.370. The first-order valence-corrected chi connectivity index (χ1v) is 7.85. The number of aromatic nitrogens is 2. The molecule has 2 amide bonds. The van der Waals surface area contributed by atoms with E-state index < -0.39 is 0 Å². The maximum Gasteiger partial charge on any atom is 0.229 e. The Bertz CT molecular complexity index is 769. The van der Waals surface area contributed by atoms with E-state index in [4.69, 9.17) is 0 Å². The van der Waals surface area contributed by atoms with Crippen molar-refractivity contribution in [2.45, 2.75) is 32.7 Å². The molecule has 2 atom stereocenters. The molecule has 1 aliphatic rings. The lowest BCUT2D eigenvalue weighted by molar-refractivity contribution is -0.130. The Kier molecular flexibility index (Phi) is 4.33. The predicted molar refractivity (Wildman–Crippen MR) is 87.2 cm³/mol. The van der Waals surface area contributed by atoms with E-state index in [1.54, 1.807) is 22.9 Å². The van der Waals surface area contributed by atoms with Crippen LogP contribution in [-0.2, 0) is 9.59 Å². The molecule has 0 aliphatic carbocycles. The standard InChI is InChI=1S/C17H19FN4O2/c1-10-7-12(9-16(23)19-10)17(24)20-15-8-11(2)21-22(15)14-5-3-13(18)4-6-14/h3-6,8,10,12H,7,9H2,1-2H3,(H,19,23)(H,20,24)/t10-,12+/m1/s1. The van der Waals surface area contributed by atoms with Gasteiger partial charge in [-0.3, -0.25) is 9.59 Å². The molecule has 2 heterocycles. The van der Waals surface area contributed by atoms with Gasteiger partial charge in [0.25, 0.3) is 0 Å². The topological polar surface area (TPSA) is 76.0 Å². The van der Waals surface area contributed by atoms with Gasteiger partial charge in [-0.2, -0.15) is 5.10 Å². The molecule has 126 valence electrons. The van der Waals surface area contributed by atoms with E-state index in [1.807, 2.05) is 13.8 Å². The fourth-order valence-corrected chi connectivity index (χ4v) is 2.92. The van der Waals surface area contributed by atoms with Gasteiger partial charge in [-0.05, 0) is 44.5 Å². The minimum Gasteiger partial charge on any atom is -0.354 e. The van der Waals surface area contributed by atoms with Crippen LogP contribution in [0.4, 0.5) is 10.2 Å². The summed E-state index contributed by atoms with van der Waals surface area (Å²) in [6.07, 6.45) is 0.779. The number of nitrogens with one attached hydrogen (secondary N) is 2. The average molecular weight is 330 g/mol. The van der Waals surface area contributed by atoms with Crippen molar-refractivity contribution in [3.8, 4) is 5.69 Å². The molecule has 2 aromatic rings. The van der Waals surface area contributed by atoms with Crippen molar-refractivity contribution in [3.63, 3.8) is 0 Å². The first kappa shape index (κ1) is 16.2. The summed E-state index contributed by atoms with van der Waals surface area (Å²) in [5.74, 6) is -0.527. The Morgan fingerprint density at radius 2 is 2.08 bits per heavy atom. The average Bonchev–Trinajstić information content (AvgIpc) is 2.87. The molecular formula is C17H19FN4O2. The Labute approximate surface area is 139 Å². The number of halogens is 1. The first-order chi connectivity index (χ1) is 11.4. The Morgan fingerprint density at radius 3 is 2.75 bits per heavy atom. The number of amides is 2. The van der Waals surface area contributed by atoms with Crippen LogP contribution in [0, 0.1) is 18.7 Å². The Morgan fingerprint density at radius 1 is 1.38 bits per heavy atom. The summed E-state index contributed by atoms with van der Waals surface area (Å²) < 4.78 is 14.7. The van der Waals surface area contributed by atoms with Crippen molar-refractivity contribution >= 4 is 17.6 Å². The van der Waals surface area contributed by atoms with Gasteiger partial charge >= 0.3 is 0 Å². The van der Waals surface area contributed by atoms with Crippen molar-refractivity contribution in [3.05, 3.63) is 41.8 Å². The first-order valence-electron chi connectivity index (χ1n) is 7.85. The van der Waals surface area contributed by atoms with Crippen LogP contribution in [0.2, 0.25) is 0 Å². The molecular weight excluding hydrogens is 311 g/mol. The zero-order chi connectivity index (χ0) is 17.3. The molecule has 2 N–H and O–H groups in total. The predicted octanol–water partition coefficient (Wildman–Crippen LogP) is 2.17. The number of benzene rings is 1. The van der Waals surface area contributed by atoms with E-state index in [9.17, 15) is 14.0 Å². The molecule has 1 fully saturated rings. The van der Waals surface area contributed by atoms with Gasteiger partial charge in [-0.15, -0.1) is 0 Å². The van der Waals surface area contributed by atoms with Crippen molar-refractivity contribution in [2.75, 3.05) is 5.32 Å². The minimum absolute atomic E-state index is 0.0225. The molecule has 1 saturated heterocycles. The van der Waals surface area contributed by atoms with Gasteiger partial charge in [-0.25, -0.2) is 9.07 Å². The van der Waals surface area contributed by atoms with E-state index in [1.165, 1.54) is 12.1 Å². The molecule has 0 saturated carbocycles. The van der Waals surface area contributed by atoms with Gasteiger partial charge in [-0.1, -0.05) is 0 Å². The van der Waals surface area contributed by atoms with Crippen LogP contribution in [0.5, 0.6) is 0 Å². The molecule has 1 aromatic carbocycles. The molecule has 0 spiro atoms. The second kappa shape index (κ2) is 6.43. The number of carbonyl (C=O) groups is 2. The highest BCUT2D eigenvalue weighted by Gasteiger charge is 2.29. The van der Waals surface area contributed by atoms with E-state index in [-0.39, 0.29) is 36.0 Å². The zero-order valence-corrected chi connectivity index (χ0v) is 13.5. The molecule has 1 aliphatic heterocycles. The fraction of sp³-hybridized carbons (Fsp3) is 0.353. The number of rotatable bonds is 3. The van der Waals surface area contributed by atoms with E-state index >= 15 is 0 Å². The molecule has 24 heavy (non-hydrogen) atoms. The Hall–Kier alpha value is -2.70. The highest BCUT2D eigenvalue weighted by Crippen LogP contribution is 2.22. The number of nitrogens with zero attached hydrogens (tertiary/aromatic N) is 2. The number of hydrogen-bond acceptors (Lipinski definition) is 3. The lowest BCUT2D eigenvalue weighted by Crippen LogP contribution is -2.44. The lowest BCUT2D eigenvalue weighted by atomic mass is 9.92. The number of aryl methyl sites for hydroxylation is 1. The van der Waals surface area contributed by atoms with Crippen molar-refractivity contribution in [1.82, 2.24) is 15.1 Å². The smallest absolute Gasteiger partial charge is 0.229 e. The fourth-order valence-electron chi connectivity index (χ4n) is 2.92. The molecule has 6 nitrogen and oxygen atoms in total. The summed E-state index contributed by atoms with van der Waals surface area (Å²) in [5.41, 5.74) is 1.37. The third-order valence-corrected chi connectivity index (χ3v) is 4.00. The molecule has 0 bridgehead atoms. The van der Waals surface area contributed by atoms with Crippen LogP contribution in [0.1, 0.15) is 25.5 Å². The molecule has 0 unspecified atom stereocenters. The van der Waals surface area contributed by atoms with Crippen LogP contribution >= 0.6 is 0 Å². The monoisotopic (exact) mass is 330 g/mol. The van der Waals surface area contributed by atoms with E-state index in [2.05, 4.69) is 15.7 Å². The number of piperidine rings is 1. The lowest BCUT2D eigenvalue weighted by Gasteiger charge is -2.26. The Balaban J connectivity index is 1.81. The van der Waals surface area contributed by atoms with Crippen LogP contribution in [0.25, 0.3) is 5.69 Å². The van der Waals surface area contributed by atoms with Gasteiger partial charge in [0.15, 0.2) is 0 Å². The third kappa shape index (κ3) is 3.45. The summed E-state index contributed by atoms with van der Waals surface area (Å²) in [4.78, 5) is 24.1. The molecule has 1 aromatic heterocycles. The van der Waals surface area contributed by atoms with Crippen LogP contribution in [0.3, 0.4) is 0 Å². The zero-order valence-electron chi connectivity index (χ0n) is 13.5. The summed E-state index contributed by atoms with van der Waals surface area (Å²) in [7, 11) is 0. The molecule has 3 rings (SSSR count). The number of hydrogen-bond donors (Lipinski definition) is 2. The summed E-state index contributed by atoms with van der Waals surface area (Å²) in [6, 6.07) is 7.58. The van der Waals surface area contributed by atoms with Gasteiger partial charge in [0.1, 0.15) is 11.6 Å².